The van der Waals surface area contributed by atoms with Gasteiger partial charge in [0.15, 0.2) is 0 Å². The molecule has 29 heavy (non-hydrogen) atoms. The first-order chi connectivity index (χ1) is 14.0. The lowest BCUT2D eigenvalue weighted by Crippen LogP contribution is -2.41. The van der Waals surface area contributed by atoms with E-state index in [0.29, 0.717) is 37.2 Å². The first-order valence-corrected chi connectivity index (χ1v) is 10.8. The molecule has 4 rings (SSSR count). The number of benzene rings is 2. The minimum absolute atomic E-state index is 0.227. The third-order valence-corrected chi connectivity index (χ3v) is 5.68. The van der Waals surface area contributed by atoms with E-state index in [4.69, 9.17) is 4.74 Å². The smallest absolute Gasteiger partial charge is 0.272 e. The van der Waals surface area contributed by atoms with Crippen LogP contribution in [0.4, 0.5) is 5.69 Å². The molecule has 2 aromatic carbocycles. The molecule has 2 N–H and O–H groups in total. The van der Waals surface area contributed by atoms with E-state index in [1.807, 2.05) is 42.5 Å². The van der Waals surface area contributed by atoms with Crippen LogP contribution < -0.4 is 4.72 Å². The van der Waals surface area contributed by atoms with Crippen molar-refractivity contribution in [2.45, 2.75) is 0 Å². The maximum atomic E-state index is 13.0. The van der Waals surface area contributed by atoms with Crippen molar-refractivity contribution < 1.29 is 17.9 Å². The number of sulfonamides is 1. The first-order valence-electron chi connectivity index (χ1n) is 9.27. The molecular weight excluding hydrogens is 390 g/mol. The van der Waals surface area contributed by atoms with E-state index in [2.05, 4.69) is 9.71 Å². The van der Waals surface area contributed by atoms with Crippen molar-refractivity contribution in [3.8, 4) is 0 Å². The third-order valence-electron chi connectivity index (χ3n) is 4.70. The first kappa shape index (κ1) is 19.2. The fourth-order valence-corrected chi connectivity index (χ4v) is 4.14. The Labute approximate surface area is 169 Å². The number of carbonyl (C=O) groups is 1. The highest BCUT2D eigenvalue weighted by molar-refractivity contribution is 7.95. The summed E-state index contributed by atoms with van der Waals surface area (Å²) < 4.78 is 33.3. The van der Waals surface area contributed by atoms with Crippen LogP contribution in [0.15, 0.2) is 60.0 Å². The molecule has 8 heteroatoms. The molecule has 7 nitrogen and oxygen atoms in total. The maximum Gasteiger partial charge on any atom is 0.272 e. The molecule has 0 aliphatic carbocycles. The Morgan fingerprint density at radius 2 is 1.72 bits per heavy atom. The molecule has 0 unspecified atom stereocenters. The molecule has 1 aliphatic rings. The number of fused-ring (bicyclic) bond motifs is 1. The van der Waals surface area contributed by atoms with Crippen molar-refractivity contribution in [2.75, 3.05) is 31.0 Å². The molecule has 150 valence electrons. The van der Waals surface area contributed by atoms with Gasteiger partial charge in [-0.3, -0.25) is 9.52 Å². The van der Waals surface area contributed by atoms with Crippen LogP contribution in [-0.2, 0) is 14.8 Å². The maximum absolute atomic E-state index is 13.0. The summed E-state index contributed by atoms with van der Waals surface area (Å²) in [6.45, 7) is 1.86. The standard InChI is InChI=1S/C21H21N3O4S/c25-21(24-11-13-28-14-12-24)20-19(17-8-4-5-9-18(17)22-20)23-29(26,27)15-10-16-6-2-1-3-7-16/h1-10,15,22-23H,11-14H2/b15-10+. The number of nitrogens with one attached hydrogen (secondary N) is 2. The van der Waals surface area contributed by atoms with Crippen molar-refractivity contribution in [1.29, 1.82) is 0 Å². The van der Waals surface area contributed by atoms with Gasteiger partial charge in [-0.25, -0.2) is 8.42 Å². The van der Waals surface area contributed by atoms with Crippen molar-refractivity contribution in [3.05, 3.63) is 71.3 Å². The second kappa shape index (κ2) is 8.10. The quantitative estimate of drug-likeness (QED) is 0.675. The highest BCUT2D eigenvalue weighted by Crippen LogP contribution is 2.30. The highest BCUT2D eigenvalue weighted by atomic mass is 32.2. The van der Waals surface area contributed by atoms with E-state index in [0.717, 1.165) is 11.0 Å². The van der Waals surface area contributed by atoms with Crippen LogP contribution >= 0.6 is 0 Å². The number of aromatic amines is 1. The van der Waals surface area contributed by atoms with Crippen LogP contribution in [-0.4, -0.2) is 50.5 Å². The van der Waals surface area contributed by atoms with Crippen molar-refractivity contribution in [2.24, 2.45) is 0 Å². The summed E-state index contributed by atoms with van der Waals surface area (Å²) in [5.41, 5.74) is 1.94. The third kappa shape index (κ3) is 4.33. The van der Waals surface area contributed by atoms with Gasteiger partial charge in [0.25, 0.3) is 15.9 Å². The Morgan fingerprint density at radius 3 is 2.48 bits per heavy atom. The van der Waals surface area contributed by atoms with Crippen molar-refractivity contribution >= 4 is 38.6 Å². The molecule has 0 saturated carbocycles. The summed E-state index contributed by atoms with van der Waals surface area (Å²) in [5.74, 6) is -0.255. The van der Waals surface area contributed by atoms with E-state index >= 15 is 0 Å². The lowest BCUT2D eigenvalue weighted by Gasteiger charge is -2.26. The van der Waals surface area contributed by atoms with Crippen LogP contribution in [0.3, 0.4) is 0 Å². The van der Waals surface area contributed by atoms with E-state index in [9.17, 15) is 13.2 Å². The predicted octanol–water partition coefficient (Wildman–Crippen LogP) is 3.05. The molecule has 0 atom stereocenters. The number of carbonyl (C=O) groups excluding carboxylic acids is 1. The Kier molecular flexibility index (Phi) is 5.37. The van der Waals surface area contributed by atoms with Gasteiger partial charge in [0, 0.05) is 24.0 Å². The number of morpholine rings is 1. The minimum atomic E-state index is -3.83. The topological polar surface area (TPSA) is 91.5 Å². The van der Waals surface area contributed by atoms with Gasteiger partial charge in [-0.15, -0.1) is 0 Å². The van der Waals surface area contributed by atoms with Gasteiger partial charge in [0.1, 0.15) is 5.69 Å². The molecule has 1 fully saturated rings. The van der Waals surface area contributed by atoms with Gasteiger partial charge in [-0.1, -0.05) is 48.5 Å². The summed E-state index contributed by atoms with van der Waals surface area (Å²) in [6.07, 6.45) is 1.51. The monoisotopic (exact) mass is 411 g/mol. The summed E-state index contributed by atoms with van der Waals surface area (Å²) in [7, 11) is -3.83. The zero-order chi connectivity index (χ0) is 20.3. The average molecular weight is 411 g/mol. The molecule has 3 aromatic rings. The van der Waals surface area contributed by atoms with Crippen molar-refractivity contribution in [3.63, 3.8) is 0 Å². The number of amides is 1. The zero-order valence-electron chi connectivity index (χ0n) is 15.7. The fraction of sp³-hybridized carbons (Fsp3) is 0.190. The normalized spacial score (nSPS) is 15.1. The molecule has 0 bridgehead atoms. The van der Waals surface area contributed by atoms with Crippen LogP contribution in [0.25, 0.3) is 17.0 Å². The van der Waals surface area contributed by atoms with Crippen LogP contribution in [0.5, 0.6) is 0 Å². The fourth-order valence-electron chi connectivity index (χ4n) is 3.24. The zero-order valence-corrected chi connectivity index (χ0v) is 16.5. The number of hydrogen-bond acceptors (Lipinski definition) is 4. The number of ether oxygens (including phenoxy) is 1. The molecule has 1 saturated heterocycles. The van der Waals surface area contributed by atoms with E-state index in [1.165, 1.54) is 6.08 Å². The van der Waals surface area contributed by atoms with Gasteiger partial charge in [0.2, 0.25) is 0 Å². The number of H-pyrrole nitrogens is 1. The molecule has 1 aliphatic heterocycles. The van der Waals surface area contributed by atoms with E-state index in [1.54, 1.807) is 17.0 Å². The second-order valence-corrected chi connectivity index (χ2v) is 8.25. The number of para-hydroxylation sites is 1. The van der Waals surface area contributed by atoms with Gasteiger partial charge in [-0.05, 0) is 17.7 Å². The van der Waals surface area contributed by atoms with E-state index < -0.39 is 10.0 Å². The molecular formula is C21H21N3O4S. The SMILES string of the molecule is O=C(c1[nH]c2ccccc2c1NS(=O)(=O)/C=C/c1ccccc1)N1CCOCC1. The molecule has 2 heterocycles. The molecule has 1 aromatic heterocycles. The lowest BCUT2D eigenvalue weighted by atomic mass is 10.2. The van der Waals surface area contributed by atoms with Crippen molar-refractivity contribution in [1.82, 2.24) is 9.88 Å². The highest BCUT2D eigenvalue weighted by Gasteiger charge is 2.26. The number of hydrogen-bond donors (Lipinski definition) is 2. The Balaban J connectivity index is 1.68. The summed E-state index contributed by atoms with van der Waals surface area (Å²) >= 11 is 0. The van der Waals surface area contributed by atoms with Gasteiger partial charge >= 0.3 is 0 Å². The average Bonchev–Trinajstić information content (AvgIpc) is 3.11. The Hall–Kier alpha value is -3.10. The Bertz CT molecular complexity index is 1150. The van der Waals surface area contributed by atoms with Crippen LogP contribution in [0, 0.1) is 0 Å². The number of anilines is 1. The van der Waals surface area contributed by atoms with Crippen LogP contribution in [0.2, 0.25) is 0 Å². The summed E-state index contributed by atoms with van der Waals surface area (Å²) in [5, 5.41) is 1.74. The van der Waals surface area contributed by atoms with Gasteiger partial charge in [-0.2, -0.15) is 0 Å². The number of aromatic nitrogens is 1. The summed E-state index contributed by atoms with van der Waals surface area (Å²) in [4.78, 5) is 17.8. The van der Waals surface area contributed by atoms with E-state index in [-0.39, 0.29) is 17.3 Å². The molecule has 1 amide bonds. The largest absolute Gasteiger partial charge is 0.378 e. The van der Waals surface area contributed by atoms with Gasteiger partial charge < -0.3 is 14.6 Å². The lowest BCUT2D eigenvalue weighted by molar-refractivity contribution is 0.0300. The Morgan fingerprint density at radius 1 is 1.03 bits per heavy atom. The number of rotatable bonds is 5. The van der Waals surface area contributed by atoms with Crippen LogP contribution in [0.1, 0.15) is 16.1 Å². The van der Waals surface area contributed by atoms with Gasteiger partial charge in [0.05, 0.1) is 24.3 Å². The second-order valence-electron chi connectivity index (χ2n) is 6.69. The summed E-state index contributed by atoms with van der Waals surface area (Å²) in [6, 6.07) is 16.4. The number of nitrogens with zero attached hydrogens (tertiary/aromatic N) is 1. The molecule has 0 radical (unpaired) electrons. The molecule has 0 spiro atoms. The minimum Gasteiger partial charge on any atom is -0.378 e. The predicted molar refractivity (Wildman–Crippen MR) is 113 cm³/mol.